The number of rotatable bonds is 3. The van der Waals surface area contributed by atoms with Crippen LogP contribution in [0.25, 0.3) is 0 Å². The molecule has 6 atom stereocenters. The molecule has 0 amide bonds. The van der Waals surface area contributed by atoms with Crippen LogP contribution in [-0.4, -0.2) is 30.4 Å². The zero-order valence-corrected chi connectivity index (χ0v) is 17.4. The van der Waals surface area contributed by atoms with Crippen LogP contribution in [0.4, 0.5) is 0 Å². The topological polar surface area (TPSA) is 81.8 Å². The van der Waals surface area contributed by atoms with Crippen LogP contribution in [0.3, 0.4) is 0 Å². The smallest absolute Gasteiger partial charge is 0.139 e. The van der Waals surface area contributed by atoms with Crippen molar-refractivity contribution in [1.29, 1.82) is 0 Å². The molecule has 5 nitrogen and oxygen atoms in total. The Balaban J connectivity index is 0.00000210. The van der Waals surface area contributed by atoms with Gasteiger partial charge in [0.1, 0.15) is 18.2 Å². The Bertz CT molecular complexity index is 651. The number of oxime groups is 1. The maximum atomic E-state index is 13.1. The summed E-state index contributed by atoms with van der Waals surface area (Å²) >= 11 is 0. The van der Waals surface area contributed by atoms with E-state index < -0.39 is 0 Å². The third-order valence-corrected chi connectivity index (χ3v) is 8.41. The van der Waals surface area contributed by atoms with Gasteiger partial charge in [0.2, 0.25) is 0 Å². The van der Waals surface area contributed by atoms with Gasteiger partial charge in [-0.15, -0.1) is 12.4 Å². The minimum absolute atomic E-state index is 0. The van der Waals surface area contributed by atoms with Crippen molar-refractivity contribution in [2.24, 2.45) is 45.4 Å². The van der Waals surface area contributed by atoms with Gasteiger partial charge in [-0.25, -0.2) is 0 Å². The zero-order chi connectivity index (χ0) is 18.5. The van der Waals surface area contributed by atoms with Crippen molar-refractivity contribution in [3.8, 4) is 0 Å². The van der Waals surface area contributed by atoms with Crippen molar-refractivity contribution in [1.82, 2.24) is 0 Å². The first-order valence-electron chi connectivity index (χ1n) is 10.3. The summed E-state index contributed by atoms with van der Waals surface area (Å²) in [6, 6.07) is 0. The van der Waals surface area contributed by atoms with E-state index in [-0.39, 0.29) is 29.2 Å². The fraction of sp³-hybridized carbons (Fsp3) is 0.857. The highest BCUT2D eigenvalue weighted by molar-refractivity contribution is 5.93. The maximum absolute atomic E-state index is 13.1. The molecule has 4 aliphatic rings. The second-order valence-electron chi connectivity index (χ2n) is 9.51. The van der Waals surface area contributed by atoms with Crippen LogP contribution in [0, 0.1) is 34.5 Å². The number of hydrogen-bond acceptors (Lipinski definition) is 5. The van der Waals surface area contributed by atoms with Gasteiger partial charge in [-0.05, 0) is 61.7 Å². The predicted octanol–water partition coefficient (Wildman–Crippen LogP) is 3.53. The molecule has 4 saturated carbocycles. The Morgan fingerprint density at radius 3 is 2.63 bits per heavy atom. The third kappa shape index (κ3) is 3.15. The molecule has 0 bridgehead atoms. The van der Waals surface area contributed by atoms with Crippen molar-refractivity contribution >= 4 is 29.7 Å². The molecule has 0 spiro atoms. The maximum Gasteiger partial charge on any atom is 0.139 e. The van der Waals surface area contributed by atoms with Gasteiger partial charge in [-0.3, -0.25) is 9.59 Å². The quantitative estimate of drug-likeness (QED) is 0.584. The highest BCUT2D eigenvalue weighted by Crippen LogP contribution is 2.64. The second-order valence-corrected chi connectivity index (χ2v) is 9.51. The monoisotopic (exact) mass is 396 g/mol. The van der Waals surface area contributed by atoms with Crippen LogP contribution in [0.15, 0.2) is 5.16 Å². The largest absolute Gasteiger partial charge is 0.395 e. The van der Waals surface area contributed by atoms with Crippen molar-refractivity contribution in [3.05, 3.63) is 0 Å². The lowest BCUT2D eigenvalue weighted by atomic mass is 9.45. The normalized spacial score (nSPS) is 44.9. The van der Waals surface area contributed by atoms with Crippen LogP contribution >= 0.6 is 12.4 Å². The van der Waals surface area contributed by atoms with Gasteiger partial charge in [0, 0.05) is 30.7 Å². The van der Waals surface area contributed by atoms with E-state index in [1.54, 1.807) is 0 Å². The molecule has 0 radical (unpaired) electrons. The summed E-state index contributed by atoms with van der Waals surface area (Å²) in [6.07, 6.45) is 7.13. The minimum Gasteiger partial charge on any atom is -0.395 e. The molecule has 152 valence electrons. The summed E-state index contributed by atoms with van der Waals surface area (Å²) in [6.45, 7) is 5.39. The van der Waals surface area contributed by atoms with Crippen LogP contribution in [0.1, 0.15) is 65.2 Å². The second kappa shape index (κ2) is 7.47. The molecular formula is C21H33ClN2O3. The van der Waals surface area contributed by atoms with E-state index in [4.69, 9.17) is 10.6 Å². The Kier molecular flexibility index (Phi) is 5.75. The number of fused-ring (bicyclic) bond motifs is 5. The molecule has 2 N–H and O–H groups in total. The first kappa shape index (κ1) is 20.8. The van der Waals surface area contributed by atoms with Crippen LogP contribution in [0.2, 0.25) is 0 Å². The molecule has 4 fully saturated rings. The Morgan fingerprint density at radius 1 is 1.11 bits per heavy atom. The summed E-state index contributed by atoms with van der Waals surface area (Å²) in [7, 11) is 0. The van der Waals surface area contributed by atoms with Crippen molar-refractivity contribution in [3.63, 3.8) is 0 Å². The van der Waals surface area contributed by atoms with Crippen molar-refractivity contribution < 1.29 is 14.4 Å². The first-order chi connectivity index (χ1) is 12.4. The number of carbonyl (C=O) groups excluding carboxylic acids is 2. The fourth-order valence-electron chi connectivity index (χ4n) is 6.89. The van der Waals surface area contributed by atoms with Gasteiger partial charge in [0.05, 0.1) is 5.71 Å². The lowest BCUT2D eigenvalue weighted by Crippen LogP contribution is -2.56. The average molecular weight is 397 g/mol. The van der Waals surface area contributed by atoms with E-state index in [1.165, 1.54) is 0 Å². The average Bonchev–Trinajstić information content (AvgIpc) is 2.92. The first-order valence-corrected chi connectivity index (χ1v) is 10.3. The summed E-state index contributed by atoms with van der Waals surface area (Å²) < 4.78 is 0. The summed E-state index contributed by atoms with van der Waals surface area (Å²) in [5, 5.41) is 4.25. The van der Waals surface area contributed by atoms with E-state index in [2.05, 4.69) is 19.0 Å². The number of Topliss-reactive ketones (excluding diaryl/α,β-unsaturated/α-hetero) is 2. The molecule has 27 heavy (non-hydrogen) atoms. The molecule has 0 unspecified atom stereocenters. The SMILES string of the molecule is C[C@]12CC/C(=N\OCCN)C[C@@H]1C(=O)C[C@@H]1[C@@H]2CC[C@]2(C)C(=O)CC[C@@H]12.Cl. The van der Waals surface area contributed by atoms with E-state index in [0.717, 1.165) is 44.2 Å². The molecule has 6 heteroatoms. The van der Waals surface area contributed by atoms with Crippen LogP contribution in [-0.2, 0) is 14.4 Å². The standard InChI is InChI=1S/C21H32N2O3.ClH/c1-20-7-5-13(23-26-10-9-22)11-17(20)18(24)12-14-15-3-4-19(25)21(15,2)8-6-16(14)20;/h14-17H,3-12,22H2,1-2H3;1H/b23-13+;/t14-,15-,16-,17+,20+,21-;/m0./s1. The fourth-order valence-corrected chi connectivity index (χ4v) is 6.89. The Hall–Kier alpha value is -0.940. The van der Waals surface area contributed by atoms with Crippen molar-refractivity contribution in [2.75, 3.05) is 13.2 Å². The Labute approximate surface area is 168 Å². The van der Waals surface area contributed by atoms with E-state index in [0.29, 0.717) is 55.3 Å². The van der Waals surface area contributed by atoms with Gasteiger partial charge in [-0.2, -0.15) is 0 Å². The van der Waals surface area contributed by atoms with E-state index >= 15 is 0 Å². The third-order valence-electron chi connectivity index (χ3n) is 8.41. The Morgan fingerprint density at radius 2 is 1.89 bits per heavy atom. The molecule has 0 heterocycles. The van der Waals surface area contributed by atoms with Gasteiger partial charge in [-0.1, -0.05) is 19.0 Å². The molecule has 0 saturated heterocycles. The number of hydrogen-bond donors (Lipinski definition) is 1. The highest BCUT2D eigenvalue weighted by atomic mass is 35.5. The molecule has 0 aromatic rings. The number of nitrogens with two attached hydrogens (primary N) is 1. The van der Waals surface area contributed by atoms with Gasteiger partial charge in [0.25, 0.3) is 0 Å². The molecular weight excluding hydrogens is 364 g/mol. The number of nitrogens with zero attached hydrogens (tertiary/aromatic N) is 1. The van der Waals surface area contributed by atoms with E-state index in [1.807, 2.05) is 0 Å². The van der Waals surface area contributed by atoms with Crippen LogP contribution < -0.4 is 5.73 Å². The minimum atomic E-state index is -0.165. The van der Waals surface area contributed by atoms with Crippen molar-refractivity contribution in [2.45, 2.75) is 65.2 Å². The summed E-state index contributed by atoms with van der Waals surface area (Å²) in [5.74, 6) is 2.29. The number of halogens is 1. The number of carbonyl (C=O) groups is 2. The lowest BCUT2D eigenvalue weighted by Gasteiger charge is -2.58. The molecule has 0 aliphatic heterocycles. The van der Waals surface area contributed by atoms with E-state index in [9.17, 15) is 9.59 Å². The van der Waals surface area contributed by atoms with Gasteiger partial charge >= 0.3 is 0 Å². The zero-order valence-electron chi connectivity index (χ0n) is 16.5. The molecule has 4 rings (SSSR count). The molecule has 0 aromatic carbocycles. The lowest BCUT2D eigenvalue weighted by molar-refractivity contribution is -0.152. The summed E-state index contributed by atoms with van der Waals surface area (Å²) in [4.78, 5) is 30.9. The summed E-state index contributed by atoms with van der Waals surface area (Å²) in [5.41, 5.74) is 6.37. The van der Waals surface area contributed by atoms with Gasteiger partial charge in [0.15, 0.2) is 0 Å². The predicted molar refractivity (Wildman–Crippen MR) is 107 cm³/mol. The molecule has 4 aliphatic carbocycles. The van der Waals surface area contributed by atoms with Gasteiger partial charge < -0.3 is 10.6 Å². The molecule has 0 aromatic heterocycles. The van der Waals surface area contributed by atoms with Crippen LogP contribution in [0.5, 0.6) is 0 Å². The number of ketones is 2. The highest BCUT2D eigenvalue weighted by Gasteiger charge is 2.62.